The van der Waals surface area contributed by atoms with E-state index in [2.05, 4.69) is 25.4 Å². The summed E-state index contributed by atoms with van der Waals surface area (Å²) >= 11 is 6.15. The molecule has 2 N–H and O–H groups in total. The highest BCUT2D eigenvalue weighted by Gasteiger charge is 2.21. The van der Waals surface area contributed by atoms with Crippen LogP contribution < -0.4 is 15.4 Å². The van der Waals surface area contributed by atoms with Crippen LogP contribution in [0.25, 0.3) is 0 Å². The summed E-state index contributed by atoms with van der Waals surface area (Å²) in [6.45, 7) is 7.32. The maximum absolute atomic E-state index is 11.9. The molecule has 0 aromatic heterocycles. The zero-order chi connectivity index (χ0) is 21.1. The van der Waals surface area contributed by atoms with Crippen LogP contribution in [0, 0.1) is 0 Å². The van der Waals surface area contributed by atoms with Gasteiger partial charge in [-0.3, -0.25) is 14.7 Å². The molecule has 162 valence electrons. The van der Waals surface area contributed by atoms with Crippen LogP contribution in [0.5, 0.6) is 5.75 Å². The summed E-state index contributed by atoms with van der Waals surface area (Å²) in [6.07, 6.45) is -0.0660. The van der Waals surface area contributed by atoms with E-state index in [-0.39, 0.29) is 12.0 Å². The number of nitrogens with zero attached hydrogens (tertiary/aromatic N) is 3. The third-order valence-electron chi connectivity index (χ3n) is 4.59. The van der Waals surface area contributed by atoms with Crippen molar-refractivity contribution in [2.45, 2.75) is 13.0 Å². The van der Waals surface area contributed by atoms with Gasteiger partial charge in [-0.15, -0.1) is 0 Å². The Balaban J connectivity index is 1.71. The number of methoxy groups -OCH3 is 1. The van der Waals surface area contributed by atoms with Crippen molar-refractivity contribution in [3.05, 3.63) is 29.3 Å². The van der Waals surface area contributed by atoms with Gasteiger partial charge in [-0.25, -0.2) is 0 Å². The molecule has 2 rings (SSSR count). The van der Waals surface area contributed by atoms with Crippen molar-refractivity contribution in [2.24, 2.45) is 4.99 Å². The molecule has 1 amide bonds. The standard InChI is InChI=1S/C20H32ClN5O3/c1-16(29-18-7-5-4-6-17(18)21)14-24-20(22-2)26-11-9-25(10-12-26)15-19(27)23-8-13-28-3/h4-7,16H,8-15H2,1-3H3,(H,22,24)(H,23,27). The van der Waals surface area contributed by atoms with E-state index in [4.69, 9.17) is 21.1 Å². The van der Waals surface area contributed by atoms with Crippen LogP contribution in [0.2, 0.25) is 5.02 Å². The van der Waals surface area contributed by atoms with Crippen molar-refractivity contribution in [3.63, 3.8) is 0 Å². The number of rotatable bonds is 9. The van der Waals surface area contributed by atoms with Gasteiger partial charge in [-0.05, 0) is 19.1 Å². The van der Waals surface area contributed by atoms with Gasteiger partial charge in [0, 0.05) is 46.9 Å². The van der Waals surface area contributed by atoms with E-state index in [0.717, 1.165) is 32.1 Å². The largest absolute Gasteiger partial charge is 0.487 e. The van der Waals surface area contributed by atoms with Crippen LogP contribution in [0.4, 0.5) is 0 Å². The zero-order valence-corrected chi connectivity index (χ0v) is 18.2. The minimum atomic E-state index is -0.0660. The van der Waals surface area contributed by atoms with Gasteiger partial charge in [0.2, 0.25) is 5.91 Å². The summed E-state index contributed by atoms with van der Waals surface area (Å²) < 4.78 is 10.8. The van der Waals surface area contributed by atoms with Gasteiger partial charge in [0.25, 0.3) is 0 Å². The van der Waals surface area contributed by atoms with Crippen molar-refractivity contribution in [3.8, 4) is 5.75 Å². The Hall–Kier alpha value is -2.03. The number of halogens is 1. The van der Waals surface area contributed by atoms with E-state index in [1.807, 2.05) is 31.2 Å². The number of piperazine rings is 1. The molecule has 1 fully saturated rings. The summed E-state index contributed by atoms with van der Waals surface area (Å²) in [5, 5.41) is 6.82. The van der Waals surface area contributed by atoms with Crippen molar-refractivity contribution in [1.82, 2.24) is 20.4 Å². The lowest BCUT2D eigenvalue weighted by atomic mass is 10.3. The van der Waals surface area contributed by atoms with Crippen LogP contribution >= 0.6 is 11.6 Å². The molecule has 1 aromatic rings. The lowest BCUT2D eigenvalue weighted by molar-refractivity contribution is -0.122. The van der Waals surface area contributed by atoms with Crippen molar-refractivity contribution >= 4 is 23.5 Å². The fraction of sp³-hybridized carbons (Fsp3) is 0.600. The number of nitrogens with one attached hydrogen (secondary N) is 2. The van der Waals surface area contributed by atoms with Crippen LogP contribution in [0.1, 0.15) is 6.92 Å². The molecular formula is C20H32ClN5O3. The summed E-state index contributed by atoms with van der Waals surface area (Å²) in [5.74, 6) is 1.54. The van der Waals surface area contributed by atoms with E-state index in [9.17, 15) is 4.79 Å². The molecule has 1 saturated heterocycles. The lowest BCUT2D eigenvalue weighted by Gasteiger charge is -2.36. The van der Waals surface area contributed by atoms with Gasteiger partial charge in [-0.1, -0.05) is 23.7 Å². The van der Waals surface area contributed by atoms with Gasteiger partial charge in [0.05, 0.1) is 24.7 Å². The van der Waals surface area contributed by atoms with Crippen LogP contribution in [-0.4, -0.2) is 94.3 Å². The number of guanidine groups is 1. The second kappa shape index (κ2) is 12.5. The van der Waals surface area contributed by atoms with Crippen LogP contribution in [0.3, 0.4) is 0 Å². The first-order chi connectivity index (χ1) is 14.0. The van der Waals surface area contributed by atoms with E-state index < -0.39 is 0 Å². The Labute approximate surface area is 178 Å². The fourth-order valence-electron chi connectivity index (χ4n) is 3.04. The molecule has 0 radical (unpaired) electrons. The Bertz CT molecular complexity index is 665. The molecule has 1 aromatic carbocycles. The third-order valence-corrected chi connectivity index (χ3v) is 4.90. The third kappa shape index (κ3) is 8.08. The first-order valence-electron chi connectivity index (χ1n) is 9.88. The summed E-state index contributed by atoms with van der Waals surface area (Å²) in [4.78, 5) is 20.7. The average Bonchev–Trinajstić information content (AvgIpc) is 2.71. The molecule has 0 aliphatic carbocycles. The number of benzene rings is 1. The van der Waals surface area contributed by atoms with Gasteiger partial charge < -0.3 is 25.0 Å². The first-order valence-corrected chi connectivity index (χ1v) is 10.3. The second-order valence-corrected chi connectivity index (χ2v) is 7.30. The van der Waals surface area contributed by atoms with Crippen molar-refractivity contribution in [2.75, 3.05) is 66.6 Å². The Morgan fingerprint density at radius 2 is 1.97 bits per heavy atom. The van der Waals surface area contributed by atoms with Gasteiger partial charge >= 0.3 is 0 Å². The molecule has 1 aliphatic heterocycles. The predicted octanol–water partition coefficient (Wildman–Crippen LogP) is 1.06. The van der Waals surface area contributed by atoms with Crippen molar-refractivity contribution in [1.29, 1.82) is 0 Å². The molecule has 0 spiro atoms. The number of carbonyl (C=O) groups is 1. The molecule has 1 heterocycles. The Kier molecular flexibility index (Phi) is 10.0. The normalized spacial score (nSPS) is 16.4. The van der Waals surface area contributed by atoms with Gasteiger partial charge in [-0.2, -0.15) is 0 Å². The molecule has 29 heavy (non-hydrogen) atoms. The fourth-order valence-corrected chi connectivity index (χ4v) is 3.22. The minimum Gasteiger partial charge on any atom is -0.487 e. The van der Waals surface area contributed by atoms with Crippen molar-refractivity contribution < 1.29 is 14.3 Å². The lowest BCUT2D eigenvalue weighted by Crippen LogP contribution is -2.54. The number of para-hydroxylation sites is 1. The van der Waals surface area contributed by atoms with Gasteiger partial charge in [0.15, 0.2) is 5.96 Å². The monoisotopic (exact) mass is 425 g/mol. The van der Waals surface area contributed by atoms with E-state index in [1.165, 1.54) is 0 Å². The maximum atomic E-state index is 11.9. The molecule has 1 unspecified atom stereocenters. The van der Waals surface area contributed by atoms with Gasteiger partial charge in [0.1, 0.15) is 11.9 Å². The highest BCUT2D eigenvalue weighted by Crippen LogP contribution is 2.24. The maximum Gasteiger partial charge on any atom is 0.234 e. The molecule has 0 bridgehead atoms. The number of carbonyl (C=O) groups excluding carboxylic acids is 1. The predicted molar refractivity (Wildman–Crippen MR) is 116 cm³/mol. The SMILES string of the molecule is CN=C(NCC(C)Oc1ccccc1Cl)N1CCN(CC(=O)NCCOC)CC1. The number of aliphatic imine (C=N–C) groups is 1. The average molecular weight is 426 g/mol. The number of hydrogen-bond donors (Lipinski definition) is 2. The molecule has 1 atom stereocenters. The molecule has 9 heteroatoms. The van der Waals surface area contributed by atoms with E-state index in [0.29, 0.717) is 37.0 Å². The molecule has 0 saturated carbocycles. The Morgan fingerprint density at radius 1 is 1.24 bits per heavy atom. The quantitative estimate of drug-likeness (QED) is 0.350. The summed E-state index contributed by atoms with van der Waals surface area (Å²) in [6, 6.07) is 7.45. The number of amides is 1. The second-order valence-electron chi connectivity index (χ2n) is 6.89. The van der Waals surface area contributed by atoms with Crippen LogP contribution in [0.15, 0.2) is 29.3 Å². The molecule has 8 nitrogen and oxygen atoms in total. The highest BCUT2D eigenvalue weighted by atomic mass is 35.5. The summed E-state index contributed by atoms with van der Waals surface area (Å²) in [7, 11) is 3.40. The number of ether oxygens (including phenoxy) is 2. The zero-order valence-electron chi connectivity index (χ0n) is 17.5. The first kappa shape index (κ1) is 23.3. The Morgan fingerprint density at radius 3 is 2.62 bits per heavy atom. The molecular weight excluding hydrogens is 394 g/mol. The topological polar surface area (TPSA) is 78.4 Å². The van der Waals surface area contributed by atoms with E-state index >= 15 is 0 Å². The summed E-state index contributed by atoms with van der Waals surface area (Å²) in [5.41, 5.74) is 0. The highest BCUT2D eigenvalue weighted by molar-refractivity contribution is 6.32. The smallest absolute Gasteiger partial charge is 0.234 e. The molecule has 1 aliphatic rings. The van der Waals surface area contributed by atoms with E-state index in [1.54, 1.807) is 14.2 Å². The minimum absolute atomic E-state index is 0.0311. The number of hydrogen-bond acceptors (Lipinski definition) is 5. The van der Waals surface area contributed by atoms with Crippen LogP contribution in [-0.2, 0) is 9.53 Å².